The van der Waals surface area contributed by atoms with Gasteiger partial charge in [0.25, 0.3) is 5.91 Å². The molecule has 3 aromatic rings. The van der Waals surface area contributed by atoms with Gasteiger partial charge in [-0.1, -0.05) is 6.07 Å². The number of nitrogens with one attached hydrogen (secondary N) is 2. The number of hydrogen-bond donors (Lipinski definition) is 2. The van der Waals surface area contributed by atoms with E-state index in [1.807, 2.05) is 6.07 Å². The quantitative estimate of drug-likeness (QED) is 0.699. The first kappa shape index (κ1) is 15.4. The Kier molecular flexibility index (Phi) is 4.06. The molecule has 3 rings (SSSR count). The Balaban J connectivity index is 1.86. The molecule has 0 radical (unpaired) electrons. The maximum Gasteiger partial charge on any atom is 0.358 e. The summed E-state index contributed by atoms with van der Waals surface area (Å²) in [5.74, 6) is -0.433. The summed E-state index contributed by atoms with van der Waals surface area (Å²) in [4.78, 5) is 28.3. The van der Waals surface area contributed by atoms with E-state index in [0.29, 0.717) is 17.1 Å². The highest BCUT2D eigenvalue weighted by molar-refractivity contribution is 6.07. The predicted molar refractivity (Wildman–Crippen MR) is 84.0 cm³/mol. The first-order chi connectivity index (χ1) is 11.6. The van der Waals surface area contributed by atoms with Gasteiger partial charge in [-0.3, -0.25) is 9.89 Å². The van der Waals surface area contributed by atoms with E-state index in [2.05, 4.69) is 30.3 Å². The van der Waals surface area contributed by atoms with Crippen LogP contribution in [0.25, 0.3) is 5.82 Å². The van der Waals surface area contributed by atoms with Crippen LogP contribution in [-0.2, 0) is 4.74 Å². The van der Waals surface area contributed by atoms with Crippen LogP contribution in [0, 0.1) is 6.92 Å². The highest BCUT2D eigenvalue weighted by atomic mass is 16.5. The molecule has 0 fully saturated rings. The summed E-state index contributed by atoms with van der Waals surface area (Å²) in [6.07, 6.45) is 4.42. The van der Waals surface area contributed by atoms with Gasteiger partial charge in [0.1, 0.15) is 0 Å². The van der Waals surface area contributed by atoms with Crippen LogP contribution in [0.3, 0.4) is 0 Å². The van der Waals surface area contributed by atoms with Crippen LogP contribution < -0.4 is 5.32 Å². The molecule has 0 aliphatic rings. The molecule has 0 spiro atoms. The Hall–Kier alpha value is -3.49. The number of carbonyl (C=O) groups is 2. The molecule has 0 aliphatic carbocycles. The summed E-state index contributed by atoms with van der Waals surface area (Å²) in [5, 5.41) is 13.0. The van der Waals surface area contributed by atoms with Crippen LogP contribution in [0.2, 0.25) is 0 Å². The number of nitrogens with zero attached hydrogens (tertiary/aromatic N) is 4. The molecule has 3 aromatic heterocycles. The van der Waals surface area contributed by atoms with Crippen LogP contribution in [0.5, 0.6) is 0 Å². The Morgan fingerprint density at radius 1 is 1.29 bits per heavy atom. The summed E-state index contributed by atoms with van der Waals surface area (Å²) < 4.78 is 6.18. The van der Waals surface area contributed by atoms with Crippen LogP contribution >= 0.6 is 0 Å². The zero-order valence-corrected chi connectivity index (χ0v) is 13.0. The number of carbonyl (C=O) groups excluding carboxylic acids is 2. The second-order valence-corrected chi connectivity index (χ2v) is 4.85. The molecule has 9 nitrogen and oxygen atoms in total. The van der Waals surface area contributed by atoms with Crippen molar-refractivity contribution in [3.63, 3.8) is 0 Å². The van der Waals surface area contributed by atoms with Crippen molar-refractivity contribution in [3.8, 4) is 5.82 Å². The van der Waals surface area contributed by atoms with Crippen molar-refractivity contribution in [1.29, 1.82) is 0 Å². The largest absolute Gasteiger partial charge is 0.464 e. The number of H-pyrrole nitrogens is 1. The molecule has 0 saturated carbocycles. The lowest BCUT2D eigenvalue weighted by Gasteiger charge is -2.06. The highest BCUT2D eigenvalue weighted by Crippen LogP contribution is 2.17. The van der Waals surface area contributed by atoms with Crippen molar-refractivity contribution in [2.24, 2.45) is 0 Å². The SMILES string of the molecule is COC(=O)c1[nH]ncc1NC(=O)c1cnn(-c2ccccn2)c1C. The van der Waals surface area contributed by atoms with E-state index < -0.39 is 11.9 Å². The van der Waals surface area contributed by atoms with Crippen molar-refractivity contribution in [1.82, 2.24) is 25.0 Å². The van der Waals surface area contributed by atoms with Gasteiger partial charge in [-0.05, 0) is 19.1 Å². The van der Waals surface area contributed by atoms with Gasteiger partial charge in [-0.2, -0.15) is 10.2 Å². The lowest BCUT2D eigenvalue weighted by atomic mass is 10.2. The van der Waals surface area contributed by atoms with E-state index in [1.54, 1.807) is 29.9 Å². The fourth-order valence-electron chi connectivity index (χ4n) is 2.17. The summed E-state index contributed by atoms with van der Waals surface area (Å²) >= 11 is 0. The number of anilines is 1. The van der Waals surface area contributed by atoms with Gasteiger partial charge >= 0.3 is 5.97 Å². The maximum absolute atomic E-state index is 12.5. The maximum atomic E-state index is 12.5. The zero-order valence-electron chi connectivity index (χ0n) is 13.0. The fraction of sp³-hybridized carbons (Fsp3) is 0.133. The van der Waals surface area contributed by atoms with Crippen LogP contribution in [0.15, 0.2) is 36.8 Å². The van der Waals surface area contributed by atoms with Crippen molar-refractivity contribution in [2.45, 2.75) is 6.92 Å². The lowest BCUT2D eigenvalue weighted by molar-refractivity contribution is 0.0595. The van der Waals surface area contributed by atoms with E-state index in [-0.39, 0.29) is 11.4 Å². The first-order valence-electron chi connectivity index (χ1n) is 7.01. The molecule has 9 heteroatoms. The average Bonchev–Trinajstić information content (AvgIpc) is 3.21. The third-order valence-electron chi connectivity index (χ3n) is 3.40. The molecule has 3 heterocycles. The molecule has 1 amide bonds. The van der Waals surface area contributed by atoms with Crippen molar-refractivity contribution < 1.29 is 14.3 Å². The molecular weight excluding hydrogens is 312 g/mol. The minimum Gasteiger partial charge on any atom is -0.464 e. The Morgan fingerprint density at radius 2 is 2.12 bits per heavy atom. The molecule has 24 heavy (non-hydrogen) atoms. The number of rotatable bonds is 4. The number of pyridine rings is 1. The minimum absolute atomic E-state index is 0.0700. The third kappa shape index (κ3) is 2.74. The molecule has 0 bridgehead atoms. The molecule has 2 N–H and O–H groups in total. The zero-order chi connectivity index (χ0) is 17.1. The first-order valence-corrected chi connectivity index (χ1v) is 7.01. The molecule has 0 aliphatic heterocycles. The molecule has 0 unspecified atom stereocenters. The van der Waals surface area contributed by atoms with Gasteiger partial charge in [0.2, 0.25) is 0 Å². The van der Waals surface area contributed by atoms with Crippen molar-refractivity contribution in [3.05, 3.63) is 53.7 Å². The number of hydrogen-bond acceptors (Lipinski definition) is 6. The Labute approximate surface area is 136 Å². The fourth-order valence-corrected chi connectivity index (χ4v) is 2.17. The van der Waals surface area contributed by atoms with Crippen molar-refractivity contribution >= 4 is 17.6 Å². The van der Waals surface area contributed by atoms with E-state index in [0.717, 1.165) is 0 Å². The van der Waals surface area contributed by atoms with Crippen LogP contribution in [-0.4, -0.2) is 43.9 Å². The Morgan fingerprint density at radius 3 is 2.83 bits per heavy atom. The number of amides is 1. The topological polar surface area (TPSA) is 115 Å². The van der Waals surface area contributed by atoms with Gasteiger partial charge in [0.05, 0.1) is 36.4 Å². The summed E-state index contributed by atoms with van der Waals surface area (Å²) in [7, 11) is 1.25. The van der Waals surface area contributed by atoms with Crippen LogP contribution in [0.1, 0.15) is 26.5 Å². The molecule has 0 atom stereocenters. The second kappa shape index (κ2) is 6.32. The van der Waals surface area contributed by atoms with Gasteiger partial charge < -0.3 is 10.1 Å². The molecule has 122 valence electrons. The van der Waals surface area contributed by atoms with Gasteiger partial charge in [0.15, 0.2) is 11.5 Å². The highest BCUT2D eigenvalue weighted by Gasteiger charge is 2.20. The monoisotopic (exact) mass is 326 g/mol. The minimum atomic E-state index is -0.622. The van der Waals surface area contributed by atoms with Crippen LogP contribution in [0.4, 0.5) is 5.69 Å². The van der Waals surface area contributed by atoms with Gasteiger partial charge in [-0.15, -0.1) is 0 Å². The molecule has 0 saturated heterocycles. The summed E-state index contributed by atoms with van der Waals surface area (Å²) in [5.41, 5.74) is 1.28. The summed E-state index contributed by atoms with van der Waals surface area (Å²) in [6.45, 7) is 1.76. The number of methoxy groups -OCH3 is 1. The number of ether oxygens (including phenoxy) is 1. The van der Waals surface area contributed by atoms with E-state index in [4.69, 9.17) is 0 Å². The Bertz CT molecular complexity index is 884. The normalized spacial score (nSPS) is 10.4. The van der Waals surface area contributed by atoms with Crippen molar-refractivity contribution in [2.75, 3.05) is 12.4 Å². The van der Waals surface area contributed by atoms with E-state index >= 15 is 0 Å². The third-order valence-corrected chi connectivity index (χ3v) is 3.40. The smallest absolute Gasteiger partial charge is 0.358 e. The standard InChI is InChI=1S/C15H14N6O3/c1-9-10(7-18-21(9)12-5-3-4-6-16-12)14(22)19-11-8-17-20-13(11)15(23)24-2/h3-8H,1-2H3,(H,17,20)(H,19,22). The molecule has 0 aromatic carbocycles. The summed E-state index contributed by atoms with van der Waals surface area (Å²) in [6, 6.07) is 5.41. The molecular formula is C15H14N6O3. The van der Waals surface area contributed by atoms with Gasteiger partial charge in [-0.25, -0.2) is 14.5 Å². The lowest BCUT2D eigenvalue weighted by Crippen LogP contribution is -2.15. The van der Waals surface area contributed by atoms with E-state index in [9.17, 15) is 9.59 Å². The van der Waals surface area contributed by atoms with Gasteiger partial charge in [0, 0.05) is 6.20 Å². The van der Waals surface area contributed by atoms with E-state index in [1.165, 1.54) is 19.5 Å². The average molecular weight is 326 g/mol. The predicted octanol–water partition coefficient (Wildman–Crippen LogP) is 1.34. The number of esters is 1. The number of aromatic nitrogens is 5. The second-order valence-electron chi connectivity index (χ2n) is 4.85. The number of aromatic amines is 1.